The summed E-state index contributed by atoms with van der Waals surface area (Å²) in [5.74, 6) is 1.75. The summed E-state index contributed by atoms with van der Waals surface area (Å²) in [4.78, 5) is 23.1. The highest BCUT2D eigenvalue weighted by Gasteiger charge is 2.09. The summed E-state index contributed by atoms with van der Waals surface area (Å²) in [6.45, 7) is 0.103. The molecule has 0 unspecified atom stereocenters. The van der Waals surface area contributed by atoms with Gasteiger partial charge in [-0.05, 0) is 35.9 Å². The number of methoxy groups -OCH3 is 3. The van der Waals surface area contributed by atoms with E-state index in [-0.39, 0.29) is 12.5 Å². The molecule has 0 aliphatic carbocycles. The number of aldehydes is 1. The van der Waals surface area contributed by atoms with E-state index in [0.717, 1.165) is 5.56 Å². The highest BCUT2D eigenvalue weighted by Crippen LogP contribution is 2.27. The topological polar surface area (TPSA) is 83.1 Å². The van der Waals surface area contributed by atoms with Gasteiger partial charge in [-0.1, -0.05) is 6.07 Å². The van der Waals surface area contributed by atoms with E-state index >= 15 is 0 Å². The zero-order valence-corrected chi connectivity index (χ0v) is 14.9. The molecule has 7 nitrogen and oxygen atoms in total. The van der Waals surface area contributed by atoms with Crippen molar-refractivity contribution in [3.05, 3.63) is 47.5 Å². The third-order valence-electron chi connectivity index (χ3n) is 3.64. The molecule has 0 aromatic heterocycles. The first-order valence-electron chi connectivity index (χ1n) is 7.85. The van der Waals surface area contributed by atoms with Gasteiger partial charge < -0.3 is 24.3 Å². The second kappa shape index (κ2) is 9.31. The Kier molecular flexibility index (Phi) is 6.84. The summed E-state index contributed by atoms with van der Waals surface area (Å²) >= 11 is 0. The molecule has 0 bridgehead atoms. The van der Waals surface area contributed by atoms with Crippen molar-refractivity contribution in [2.24, 2.45) is 0 Å². The monoisotopic (exact) mass is 359 g/mol. The summed E-state index contributed by atoms with van der Waals surface area (Å²) in [5.41, 5.74) is 1.17. The van der Waals surface area contributed by atoms with Crippen molar-refractivity contribution in [1.29, 1.82) is 0 Å². The maximum absolute atomic E-state index is 12.0. The van der Waals surface area contributed by atoms with E-state index in [0.29, 0.717) is 41.4 Å². The molecule has 2 aromatic rings. The van der Waals surface area contributed by atoms with Crippen LogP contribution in [0.3, 0.4) is 0 Å². The summed E-state index contributed by atoms with van der Waals surface area (Å²) in [6, 6.07) is 10.2. The SMILES string of the molecule is COc1ccc(OCC(=O)NCc2ccc(OC)c(OC)c2)c(C=O)c1. The van der Waals surface area contributed by atoms with Gasteiger partial charge in [0.2, 0.25) is 0 Å². The van der Waals surface area contributed by atoms with Crippen LogP contribution >= 0.6 is 0 Å². The van der Waals surface area contributed by atoms with Crippen molar-refractivity contribution in [3.8, 4) is 23.0 Å². The highest BCUT2D eigenvalue weighted by atomic mass is 16.5. The molecule has 0 spiro atoms. The third-order valence-corrected chi connectivity index (χ3v) is 3.64. The summed E-state index contributed by atoms with van der Waals surface area (Å²) in [5, 5.41) is 2.74. The fraction of sp³-hybridized carbons (Fsp3) is 0.263. The second-order valence-electron chi connectivity index (χ2n) is 5.28. The molecule has 0 saturated heterocycles. The first-order chi connectivity index (χ1) is 12.6. The Morgan fingerprint density at radius 3 is 2.35 bits per heavy atom. The van der Waals surface area contributed by atoms with E-state index in [4.69, 9.17) is 18.9 Å². The van der Waals surface area contributed by atoms with Crippen LogP contribution < -0.4 is 24.3 Å². The summed E-state index contributed by atoms with van der Waals surface area (Å²) in [6.07, 6.45) is 0.652. The molecular weight excluding hydrogens is 338 g/mol. The Morgan fingerprint density at radius 2 is 1.69 bits per heavy atom. The van der Waals surface area contributed by atoms with Crippen LogP contribution in [-0.4, -0.2) is 40.1 Å². The van der Waals surface area contributed by atoms with E-state index in [1.54, 1.807) is 44.6 Å². The van der Waals surface area contributed by atoms with E-state index < -0.39 is 0 Å². The molecule has 0 atom stereocenters. The Bertz CT molecular complexity index is 775. The average molecular weight is 359 g/mol. The van der Waals surface area contributed by atoms with Crippen LogP contribution in [0.5, 0.6) is 23.0 Å². The molecule has 1 N–H and O–H groups in total. The molecule has 0 radical (unpaired) electrons. The number of nitrogens with one attached hydrogen (secondary N) is 1. The molecule has 7 heteroatoms. The van der Waals surface area contributed by atoms with E-state index in [2.05, 4.69) is 5.32 Å². The number of ether oxygens (including phenoxy) is 4. The third kappa shape index (κ3) is 4.89. The zero-order chi connectivity index (χ0) is 18.9. The molecule has 1 amide bonds. The van der Waals surface area contributed by atoms with Gasteiger partial charge in [-0.25, -0.2) is 0 Å². The molecule has 0 saturated carbocycles. The number of hydrogen-bond donors (Lipinski definition) is 1. The predicted octanol–water partition coefficient (Wildman–Crippen LogP) is 2.22. The highest BCUT2D eigenvalue weighted by molar-refractivity contribution is 5.81. The molecule has 2 aromatic carbocycles. The number of rotatable bonds is 9. The minimum atomic E-state index is -0.313. The van der Waals surface area contributed by atoms with Crippen molar-refractivity contribution < 1.29 is 28.5 Å². The lowest BCUT2D eigenvalue weighted by Gasteiger charge is -2.12. The Morgan fingerprint density at radius 1 is 0.962 bits per heavy atom. The molecule has 2 rings (SSSR count). The fourth-order valence-corrected chi connectivity index (χ4v) is 2.26. The Balaban J connectivity index is 1.91. The lowest BCUT2D eigenvalue weighted by molar-refractivity contribution is -0.123. The standard InChI is InChI=1S/C19H21NO6/c1-23-15-5-7-16(14(9-15)11-21)26-12-19(22)20-10-13-4-6-17(24-2)18(8-13)25-3/h4-9,11H,10,12H2,1-3H3,(H,20,22). The van der Waals surface area contributed by atoms with Gasteiger partial charge in [0, 0.05) is 6.54 Å². The van der Waals surface area contributed by atoms with Crippen molar-refractivity contribution in [2.75, 3.05) is 27.9 Å². The van der Waals surface area contributed by atoms with Gasteiger partial charge >= 0.3 is 0 Å². The van der Waals surface area contributed by atoms with Gasteiger partial charge in [0.05, 0.1) is 26.9 Å². The number of carbonyl (C=O) groups excluding carboxylic acids is 2. The minimum absolute atomic E-state index is 0.208. The molecule has 0 heterocycles. The fourth-order valence-electron chi connectivity index (χ4n) is 2.26. The molecule has 0 aliphatic rings. The van der Waals surface area contributed by atoms with Gasteiger partial charge in [-0.3, -0.25) is 9.59 Å². The largest absolute Gasteiger partial charge is 0.497 e. The van der Waals surface area contributed by atoms with Gasteiger partial charge in [0.1, 0.15) is 11.5 Å². The molecular formula is C19H21NO6. The van der Waals surface area contributed by atoms with Crippen LogP contribution in [0.2, 0.25) is 0 Å². The lowest BCUT2D eigenvalue weighted by atomic mass is 10.2. The first-order valence-corrected chi connectivity index (χ1v) is 7.85. The van der Waals surface area contributed by atoms with Crippen LogP contribution in [-0.2, 0) is 11.3 Å². The van der Waals surface area contributed by atoms with Crippen molar-refractivity contribution in [3.63, 3.8) is 0 Å². The Labute approximate surface area is 151 Å². The second-order valence-corrected chi connectivity index (χ2v) is 5.28. The smallest absolute Gasteiger partial charge is 0.258 e. The average Bonchev–Trinajstić information content (AvgIpc) is 2.70. The van der Waals surface area contributed by atoms with Crippen LogP contribution in [0.1, 0.15) is 15.9 Å². The quantitative estimate of drug-likeness (QED) is 0.691. The van der Waals surface area contributed by atoms with Crippen LogP contribution in [0.25, 0.3) is 0 Å². The molecule has 26 heavy (non-hydrogen) atoms. The van der Waals surface area contributed by atoms with Crippen LogP contribution in [0.15, 0.2) is 36.4 Å². The zero-order valence-electron chi connectivity index (χ0n) is 14.9. The first kappa shape index (κ1) is 19.1. The number of amides is 1. The van der Waals surface area contributed by atoms with Crippen LogP contribution in [0, 0.1) is 0 Å². The van der Waals surface area contributed by atoms with E-state index in [1.807, 2.05) is 6.07 Å². The maximum atomic E-state index is 12.0. The minimum Gasteiger partial charge on any atom is -0.497 e. The Hall–Kier alpha value is -3.22. The molecule has 0 fully saturated rings. The van der Waals surface area contributed by atoms with Gasteiger partial charge in [-0.2, -0.15) is 0 Å². The van der Waals surface area contributed by atoms with Gasteiger partial charge in [0.25, 0.3) is 5.91 Å². The predicted molar refractivity (Wildman–Crippen MR) is 95.3 cm³/mol. The summed E-state index contributed by atoms with van der Waals surface area (Å²) < 4.78 is 20.9. The van der Waals surface area contributed by atoms with Crippen LogP contribution in [0.4, 0.5) is 0 Å². The van der Waals surface area contributed by atoms with Crippen molar-refractivity contribution >= 4 is 12.2 Å². The van der Waals surface area contributed by atoms with Gasteiger partial charge in [-0.15, -0.1) is 0 Å². The molecule has 0 aliphatic heterocycles. The number of hydrogen-bond acceptors (Lipinski definition) is 6. The van der Waals surface area contributed by atoms with Gasteiger partial charge in [0.15, 0.2) is 24.4 Å². The summed E-state index contributed by atoms with van der Waals surface area (Å²) in [7, 11) is 4.61. The normalized spacial score (nSPS) is 9.96. The molecule has 138 valence electrons. The lowest BCUT2D eigenvalue weighted by Crippen LogP contribution is -2.28. The number of carbonyl (C=O) groups is 2. The van der Waals surface area contributed by atoms with E-state index in [1.165, 1.54) is 7.11 Å². The number of benzene rings is 2. The maximum Gasteiger partial charge on any atom is 0.258 e. The van der Waals surface area contributed by atoms with Crippen molar-refractivity contribution in [2.45, 2.75) is 6.54 Å². The van der Waals surface area contributed by atoms with Crippen molar-refractivity contribution in [1.82, 2.24) is 5.32 Å². The van der Waals surface area contributed by atoms with E-state index in [9.17, 15) is 9.59 Å².